The quantitative estimate of drug-likeness (QED) is 0.443. The monoisotopic (exact) mass is 359 g/mol. The number of amides is 1. The summed E-state index contributed by atoms with van der Waals surface area (Å²) >= 11 is 0. The first-order valence-electron chi connectivity index (χ1n) is 7.47. The first-order valence-corrected chi connectivity index (χ1v) is 7.47. The van der Waals surface area contributed by atoms with Gasteiger partial charge in [0.1, 0.15) is 11.5 Å². The highest BCUT2D eigenvalue weighted by atomic mass is 16.6. The number of carbonyl (C=O) groups excluding carboxylic acids is 1. The molecule has 2 rings (SSSR count). The Kier molecular flexibility index (Phi) is 6.10. The number of ether oxygens (including phenoxy) is 2. The van der Waals surface area contributed by atoms with Gasteiger partial charge in [-0.2, -0.15) is 5.10 Å². The zero-order valence-corrected chi connectivity index (χ0v) is 14.1. The molecule has 0 heterocycles. The average molecular weight is 359 g/mol. The summed E-state index contributed by atoms with van der Waals surface area (Å²) in [7, 11) is 1.33. The molecular formula is C17H17N3O6. The lowest BCUT2D eigenvalue weighted by Gasteiger charge is -2.06. The third kappa shape index (κ3) is 4.94. The Morgan fingerprint density at radius 2 is 2.12 bits per heavy atom. The molecule has 2 N–H and O–H groups in total. The number of nitrogens with zero attached hydrogens (tertiary/aromatic N) is 2. The Balaban J connectivity index is 2.00. The summed E-state index contributed by atoms with van der Waals surface area (Å²) in [4.78, 5) is 21.9. The number of benzene rings is 2. The van der Waals surface area contributed by atoms with Crippen LogP contribution < -0.4 is 14.9 Å². The molecule has 0 aliphatic carbocycles. The second-order valence-corrected chi connectivity index (χ2v) is 5.24. The van der Waals surface area contributed by atoms with E-state index in [2.05, 4.69) is 10.5 Å². The van der Waals surface area contributed by atoms with E-state index in [0.717, 1.165) is 17.8 Å². The average Bonchev–Trinajstić information content (AvgIpc) is 2.61. The van der Waals surface area contributed by atoms with Gasteiger partial charge in [0.15, 0.2) is 6.61 Å². The lowest BCUT2D eigenvalue weighted by atomic mass is 10.1. The molecule has 0 bridgehead atoms. The Bertz CT molecular complexity index is 850. The van der Waals surface area contributed by atoms with Gasteiger partial charge >= 0.3 is 5.69 Å². The highest BCUT2D eigenvalue weighted by Crippen LogP contribution is 2.33. The fourth-order valence-corrected chi connectivity index (χ4v) is 2.03. The van der Waals surface area contributed by atoms with Crippen molar-refractivity contribution < 1.29 is 24.3 Å². The number of phenolic OH excluding ortho intramolecular Hbond substituents is 1. The Hall–Kier alpha value is -3.62. The predicted octanol–water partition coefficient (Wildman–Crippen LogP) is 2.15. The molecule has 136 valence electrons. The summed E-state index contributed by atoms with van der Waals surface area (Å²) in [5.41, 5.74) is 2.71. The van der Waals surface area contributed by atoms with Gasteiger partial charge < -0.3 is 14.6 Å². The van der Waals surface area contributed by atoms with Crippen molar-refractivity contribution in [1.29, 1.82) is 0 Å². The molecule has 0 radical (unpaired) electrons. The smallest absolute Gasteiger partial charge is 0.315 e. The van der Waals surface area contributed by atoms with Gasteiger partial charge in [-0.25, -0.2) is 5.43 Å². The summed E-state index contributed by atoms with van der Waals surface area (Å²) in [5, 5.41) is 24.5. The minimum atomic E-state index is -0.747. The molecular weight excluding hydrogens is 342 g/mol. The molecule has 0 unspecified atom stereocenters. The van der Waals surface area contributed by atoms with Crippen molar-refractivity contribution in [2.24, 2.45) is 5.10 Å². The zero-order chi connectivity index (χ0) is 19.1. The van der Waals surface area contributed by atoms with E-state index in [1.54, 1.807) is 18.2 Å². The number of carbonyl (C=O) groups is 1. The highest BCUT2D eigenvalue weighted by molar-refractivity contribution is 5.88. The van der Waals surface area contributed by atoms with Gasteiger partial charge in [0.2, 0.25) is 5.75 Å². The molecule has 0 aromatic heterocycles. The van der Waals surface area contributed by atoms with Crippen LogP contribution in [0.2, 0.25) is 0 Å². The van der Waals surface area contributed by atoms with Gasteiger partial charge in [-0.15, -0.1) is 0 Å². The minimum Gasteiger partial charge on any atom is -0.502 e. The van der Waals surface area contributed by atoms with Crippen LogP contribution in [0, 0.1) is 17.0 Å². The van der Waals surface area contributed by atoms with Crippen LogP contribution in [0.3, 0.4) is 0 Å². The number of nitro benzene ring substituents is 1. The summed E-state index contributed by atoms with van der Waals surface area (Å²) in [5.74, 6) is -0.389. The van der Waals surface area contributed by atoms with Crippen LogP contribution >= 0.6 is 0 Å². The van der Waals surface area contributed by atoms with Crippen LogP contribution in [0.25, 0.3) is 0 Å². The fourth-order valence-electron chi connectivity index (χ4n) is 2.03. The lowest BCUT2D eigenvalue weighted by Crippen LogP contribution is -2.24. The number of nitro groups is 1. The molecule has 0 atom stereocenters. The third-order valence-electron chi connectivity index (χ3n) is 3.28. The Morgan fingerprint density at radius 1 is 1.35 bits per heavy atom. The molecule has 2 aromatic rings. The van der Waals surface area contributed by atoms with Gasteiger partial charge in [-0.05, 0) is 30.7 Å². The van der Waals surface area contributed by atoms with Crippen molar-refractivity contribution in [2.75, 3.05) is 13.7 Å². The molecule has 2 aromatic carbocycles. The van der Waals surface area contributed by atoms with Gasteiger partial charge in [0, 0.05) is 5.56 Å². The summed E-state index contributed by atoms with van der Waals surface area (Å²) in [6.45, 7) is 1.64. The summed E-state index contributed by atoms with van der Waals surface area (Å²) in [6.07, 6.45) is 1.08. The summed E-state index contributed by atoms with van der Waals surface area (Å²) in [6, 6.07) is 9.64. The second kappa shape index (κ2) is 8.47. The fraction of sp³-hybridized carbons (Fsp3) is 0.176. The number of hydrazone groups is 1. The molecule has 9 nitrogen and oxygen atoms in total. The predicted molar refractivity (Wildman–Crippen MR) is 93.7 cm³/mol. The van der Waals surface area contributed by atoms with E-state index in [9.17, 15) is 20.0 Å². The minimum absolute atomic E-state index is 0.0240. The highest BCUT2D eigenvalue weighted by Gasteiger charge is 2.18. The van der Waals surface area contributed by atoms with Crippen LogP contribution in [0.5, 0.6) is 17.2 Å². The second-order valence-electron chi connectivity index (χ2n) is 5.24. The van der Waals surface area contributed by atoms with Gasteiger partial charge in [0.05, 0.1) is 24.3 Å². The van der Waals surface area contributed by atoms with Gasteiger partial charge in [-0.1, -0.05) is 12.1 Å². The van der Waals surface area contributed by atoms with Crippen LogP contribution in [0.15, 0.2) is 41.5 Å². The zero-order valence-electron chi connectivity index (χ0n) is 14.1. The molecule has 9 heteroatoms. The van der Waals surface area contributed by atoms with E-state index < -0.39 is 22.3 Å². The number of hydrogen-bond donors (Lipinski definition) is 2. The molecule has 1 amide bonds. The molecule has 0 spiro atoms. The van der Waals surface area contributed by atoms with Crippen molar-refractivity contribution in [3.63, 3.8) is 0 Å². The molecule has 0 aliphatic heterocycles. The van der Waals surface area contributed by atoms with Gasteiger partial charge in [0.25, 0.3) is 5.91 Å². The molecule has 0 saturated heterocycles. The lowest BCUT2D eigenvalue weighted by molar-refractivity contribution is -0.385. The van der Waals surface area contributed by atoms with E-state index in [-0.39, 0.29) is 17.9 Å². The van der Waals surface area contributed by atoms with E-state index in [1.165, 1.54) is 13.2 Å². The normalized spacial score (nSPS) is 10.5. The molecule has 0 saturated carbocycles. The van der Waals surface area contributed by atoms with E-state index in [1.807, 2.05) is 13.0 Å². The largest absolute Gasteiger partial charge is 0.502 e. The standard InChI is InChI=1S/C17H17N3O6/c1-11-4-3-5-13(6-11)26-10-16(21)19-18-9-12-7-14(25-2)8-15(17(12)22)20(23)24/h3-9,22H,10H2,1-2H3,(H,19,21)/b18-9-. The number of methoxy groups -OCH3 is 1. The van der Waals surface area contributed by atoms with Crippen molar-refractivity contribution in [2.45, 2.75) is 6.92 Å². The maximum absolute atomic E-state index is 11.7. The van der Waals surface area contributed by atoms with E-state index >= 15 is 0 Å². The van der Waals surface area contributed by atoms with Crippen molar-refractivity contribution in [1.82, 2.24) is 5.43 Å². The first-order chi connectivity index (χ1) is 12.4. The maximum atomic E-state index is 11.7. The van der Waals surface area contributed by atoms with Crippen molar-refractivity contribution >= 4 is 17.8 Å². The van der Waals surface area contributed by atoms with Crippen molar-refractivity contribution in [3.8, 4) is 17.2 Å². The molecule has 0 aliphatic rings. The third-order valence-corrected chi connectivity index (χ3v) is 3.28. The first kappa shape index (κ1) is 18.7. The number of rotatable bonds is 7. The summed E-state index contributed by atoms with van der Waals surface area (Å²) < 4.78 is 10.3. The van der Waals surface area contributed by atoms with Gasteiger partial charge in [-0.3, -0.25) is 14.9 Å². The number of aryl methyl sites for hydroxylation is 1. The van der Waals surface area contributed by atoms with Crippen LogP contribution in [0.1, 0.15) is 11.1 Å². The SMILES string of the molecule is COc1cc(/C=N\NC(=O)COc2cccc(C)c2)c(O)c([N+](=O)[O-])c1. The molecule has 26 heavy (non-hydrogen) atoms. The Morgan fingerprint density at radius 3 is 2.77 bits per heavy atom. The van der Waals surface area contributed by atoms with Crippen LogP contribution in [-0.2, 0) is 4.79 Å². The maximum Gasteiger partial charge on any atom is 0.315 e. The van der Waals surface area contributed by atoms with Crippen LogP contribution in [-0.4, -0.2) is 35.9 Å². The molecule has 0 fully saturated rings. The topological polar surface area (TPSA) is 123 Å². The Labute approximate surface area is 149 Å². The van der Waals surface area contributed by atoms with E-state index in [0.29, 0.717) is 5.75 Å². The van der Waals surface area contributed by atoms with Crippen LogP contribution in [0.4, 0.5) is 5.69 Å². The number of hydrogen-bond acceptors (Lipinski definition) is 7. The number of aromatic hydroxyl groups is 1. The number of nitrogens with one attached hydrogen (secondary N) is 1. The number of phenols is 1. The van der Waals surface area contributed by atoms with E-state index in [4.69, 9.17) is 9.47 Å². The van der Waals surface area contributed by atoms with Crippen molar-refractivity contribution in [3.05, 3.63) is 57.6 Å².